The fraction of sp³-hybridized carbons (Fsp3) is 0.292. The minimum absolute atomic E-state index is 0.216. The number of aromatic nitrogens is 1. The van der Waals surface area contributed by atoms with Gasteiger partial charge < -0.3 is 20.1 Å². The summed E-state index contributed by atoms with van der Waals surface area (Å²) in [4.78, 5) is 30.0. The molecule has 1 fully saturated rings. The van der Waals surface area contributed by atoms with E-state index in [1.165, 1.54) is 48.5 Å². The molecule has 0 spiro atoms. The lowest BCUT2D eigenvalue weighted by Gasteiger charge is -2.29. The van der Waals surface area contributed by atoms with Gasteiger partial charge in [-0.25, -0.2) is 13.8 Å². The Bertz CT molecular complexity index is 1190. The highest BCUT2D eigenvalue weighted by molar-refractivity contribution is 7.18. The molecule has 1 unspecified atom stereocenters. The summed E-state index contributed by atoms with van der Waals surface area (Å²) >= 11 is 1.05. The molecule has 35 heavy (non-hydrogen) atoms. The van der Waals surface area contributed by atoms with Crippen LogP contribution in [0.1, 0.15) is 13.8 Å². The maximum Gasteiger partial charge on any atom is 0.251 e. The van der Waals surface area contributed by atoms with E-state index in [0.29, 0.717) is 35.2 Å². The van der Waals surface area contributed by atoms with Crippen molar-refractivity contribution >= 4 is 28.3 Å². The van der Waals surface area contributed by atoms with Gasteiger partial charge in [0.15, 0.2) is 5.13 Å². The second-order valence-electron chi connectivity index (χ2n) is 8.37. The summed E-state index contributed by atoms with van der Waals surface area (Å²) in [5, 5.41) is 9.02. The van der Waals surface area contributed by atoms with Gasteiger partial charge in [-0.1, -0.05) is 11.3 Å². The van der Waals surface area contributed by atoms with Crippen LogP contribution in [0.2, 0.25) is 0 Å². The van der Waals surface area contributed by atoms with Crippen LogP contribution in [0.25, 0.3) is 11.3 Å². The topological polar surface area (TPSA) is 102 Å². The molecule has 3 aromatic rings. The fourth-order valence-electron chi connectivity index (χ4n) is 3.27. The van der Waals surface area contributed by atoms with Crippen LogP contribution in [0.4, 0.5) is 13.9 Å². The van der Waals surface area contributed by atoms with Gasteiger partial charge in [0.05, 0.1) is 13.2 Å². The molecule has 2 amide bonds. The van der Waals surface area contributed by atoms with Gasteiger partial charge in [-0.2, -0.15) is 0 Å². The Hall–Kier alpha value is -3.41. The van der Waals surface area contributed by atoms with Crippen LogP contribution in [0.3, 0.4) is 0 Å². The number of nitrogens with zero attached hydrogens (tertiary/aromatic N) is 1. The van der Waals surface area contributed by atoms with E-state index in [0.717, 1.165) is 11.3 Å². The summed E-state index contributed by atoms with van der Waals surface area (Å²) < 4.78 is 37.9. The van der Waals surface area contributed by atoms with Crippen molar-refractivity contribution < 1.29 is 27.8 Å². The van der Waals surface area contributed by atoms with E-state index in [-0.39, 0.29) is 17.6 Å². The van der Waals surface area contributed by atoms with Crippen molar-refractivity contribution in [3.63, 3.8) is 0 Å². The second-order valence-corrected chi connectivity index (χ2v) is 9.33. The SMILES string of the molecule is CC(C)(NC(=O)C1COCCN1)C(=O)Nc1nc(-c2ccc(F)cc2)c(Oc2ccc(F)cc2)s1. The van der Waals surface area contributed by atoms with Gasteiger partial charge in [-0.15, -0.1) is 0 Å². The summed E-state index contributed by atoms with van der Waals surface area (Å²) in [7, 11) is 0. The van der Waals surface area contributed by atoms with Gasteiger partial charge in [0.1, 0.15) is 34.7 Å². The normalized spacial score (nSPS) is 15.9. The predicted molar refractivity (Wildman–Crippen MR) is 127 cm³/mol. The van der Waals surface area contributed by atoms with E-state index in [1.54, 1.807) is 13.8 Å². The number of anilines is 1. The zero-order chi connectivity index (χ0) is 25.0. The number of carbonyl (C=O) groups is 2. The van der Waals surface area contributed by atoms with E-state index in [1.807, 2.05) is 0 Å². The van der Waals surface area contributed by atoms with E-state index >= 15 is 0 Å². The van der Waals surface area contributed by atoms with Gasteiger partial charge >= 0.3 is 0 Å². The van der Waals surface area contributed by atoms with E-state index in [9.17, 15) is 18.4 Å². The quantitative estimate of drug-likeness (QED) is 0.456. The third kappa shape index (κ3) is 6.18. The number of halogens is 2. The molecule has 3 N–H and O–H groups in total. The number of rotatable bonds is 7. The molecule has 0 saturated carbocycles. The maximum absolute atomic E-state index is 13.4. The molecule has 2 heterocycles. The Morgan fingerprint density at radius 1 is 1.11 bits per heavy atom. The average Bonchev–Trinajstić information content (AvgIpc) is 3.23. The van der Waals surface area contributed by atoms with Crippen molar-refractivity contribution in [2.75, 3.05) is 25.1 Å². The van der Waals surface area contributed by atoms with Crippen molar-refractivity contribution in [3.05, 3.63) is 60.2 Å². The number of ether oxygens (including phenoxy) is 2. The Balaban J connectivity index is 1.54. The third-order valence-electron chi connectivity index (χ3n) is 5.20. The molecule has 0 bridgehead atoms. The molecular weight excluding hydrogens is 478 g/mol. The zero-order valence-electron chi connectivity index (χ0n) is 19.1. The van der Waals surface area contributed by atoms with Crippen LogP contribution in [0.15, 0.2) is 48.5 Å². The average molecular weight is 503 g/mol. The molecule has 1 aromatic heterocycles. The van der Waals surface area contributed by atoms with Crippen molar-refractivity contribution in [2.45, 2.75) is 25.4 Å². The van der Waals surface area contributed by atoms with Crippen molar-refractivity contribution in [1.82, 2.24) is 15.6 Å². The Kier molecular flexibility index (Phi) is 7.39. The molecule has 1 aliphatic heterocycles. The summed E-state index contributed by atoms with van der Waals surface area (Å²) in [6, 6.07) is 10.5. The summed E-state index contributed by atoms with van der Waals surface area (Å²) in [5.74, 6) is -1.29. The standard InChI is InChI=1S/C24H24F2N4O4S/c1-24(2,30-20(31)18-13-33-12-11-27-18)22(32)29-23-28-19(14-3-5-15(25)6-4-14)21(35-23)34-17-9-7-16(26)8-10-17/h3-10,18,27H,11-13H2,1-2H3,(H,30,31)(H,28,29,32). The first-order chi connectivity index (χ1) is 16.7. The van der Waals surface area contributed by atoms with Crippen LogP contribution < -0.4 is 20.7 Å². The van der Waals surface area contributed by atoms with Crippen molar-refractivity contribution in [3.8, 4) is 22.1 Å². The van der Waals surface area contributed by atoms with Gasteiger partial charge in [-0.05, 0) is 62.4 Å². The lowest BCUT2D eigenvalue weighted by Crippen LogP contribution is -2.59. The monoisotopic (exact) mass is 502 g/mol. The molecule has 2 aromatic carbocycles. The maximum atomic E-state index is 13.4. The predicted octanol–water partition coefficient (Wildman–Crippen LogP) is 3.70. The van der Waals surface area contributed by atoms with Crippen LogP contribution in [0.5, 0.6) is 10.8 Å². The summed E-state index contributed by atoms with van der Waals surface area (Å²) in [5.41, 5.74) is -0.313. The number of benzene rings is 2. The number of thiazole rings is 1. The third-order valence-corrected chi connectivity index (χ3v) is 6.05. The highest BCUT2D eigenvalue weighted by Crippen LogP contribution is 2.40. The number of amides is 2. The number of morpholine rings is 1. The minimum atomic E-state index is -1.25. The summed E-state index contributed by atoms with van der Waals surface area (Å²) in [6.07, 6.45) is 0. The molecule has 8 nitrogen and oxygen atoms in total. The minimum Gasteiger partial charge on any atom is -0.444 e. The first-order valence-corrected chi connectivity index (χ1v) is 11.7. The molecule has 0 radical (unpaired) electrons. The van der Waals surface area contributed by atoms with E-state index < -0.39 is 29.1 Å². The Morgan fingerprint density at radius 2 is 1.77 bits per heavy atom. The van der Waals surface area contributed by atoms with Crippen LogP contribution >= 0.6 is 11.3 Å². The van der Waals surface area contributed by atoms with Crippen molar-refractivity contribution in [2.24, 2.45) is 0 Å². The molecule has 1 atom stereocenters. The molecule has 4 rings (SSSR count). The zero-order valence-corrected chi connectivity index (χ0v) is 19.9. The highest BCUT2D eigenvalue weighted by atomic mass is 32.1. The fourth-order valence-corrected chi connectivity index (χ4v) is 4.12. The Labute approximate surface area is 204 Å². The van der Waals surface area contributed by atoms with Crippen LogP contribution in [0, 0.1) is 11.6 Å². The molecule has 184 valence electrons. The van der Waals surface area contributed by atoms with E-state index in [2.05, 4.69) is 20.9 Å². The van der Waals surface area contributed by atoms with Gasteiger partial charge in [0.2, 0.25) is 11.0 Å². The molecular formula is C24H24F2N4O4S. The van der Waals surface area contributed by atoms with Gasteiger partial charge in [0.25, 0.3) is 5.91 Å². The van der Waals surface area contributed by atoms with Crippen LogP contribution in [-0.4, -0.2) is 48.1 Å². The van der Waals surface area contributed by atoms with E-state index in [4.69, 9.17) is 9.47 Å². The second kappa shape index (κ2) is 10.5. The van der Waals surface area contributed by atoms with Crippen molar-refractivity contribution in [1.29, 1.82) is 0 Å². The van der Waals surface area contributed by atoms with Gasteiger partial charge in [0, 0.05) is 12.1 Å². The van der Waals surface area contributed by atoms with Gasteiger partial charge in [-0.3, -0.25) is 14.9 Å². The molecule has 0 aliphatic carbocycles. The highest BCUT2D eigenvalue weighted by Gasteiger charge is 2.33. The number of nitrogens with one attached hydrogen (secondary N) is 3. The smallest absolute Gasteiger partial charge is 0.251 e. The summed E-state index contributed by atoms with van der Waals surface area (Å²) in [6.45, 7) is 4.45. The largest absolute Gasteiger partial charge is 0.444 e. The Morgan fingerprint density at radius 3 is 2.40 bits per heavy atom. The van der Waals surface area contributed by atoms with Crippen LogP contribution in [-0.2, 0) is 14.3 Å². The molecule has 1 saturated heterocycles. The number of hydrogen-bond donors (Lipinski definition) is 3. The first-order valence-electron chi connectivity index (χ1n) is 10.9. The molecule has 11 heteroatoms. The lowest BCUT2D eigenvalue weighted by molar-refractivity contribution is -0.132. The molecule has 1 aliphatic rings. The first kappa shape index (κ1) is 24.7. The number of carbonyl (C=O) groups excluding carboxylic acids is 2. The number of hydrogen-bond acceptors (Lipinski definition) is 7. The lowest BCUT2D eigenvalue weighted by atomic mass is 10.0.